The Labute approximate surface area is 121 Å². The van der Waals surface area contributed by atoms with E-state index in [1.54, 1.807) is 11.0 Å². The molecule has 0 radical (unpaired) electrons. The van der Waals surface area contributed by atoms with Gasteiger partial charge in [0.15, 0.2) is 5.69 Å². The van der Waals surface area contributed by atoms with Crippen molar-refractivity contribution in [1.29, 1.82) is 0 Å². The summed E-state index contributed by atoms with van der Waals surface area (Å²) in [6.45, 7) is 4.66. The molecule has 0 bridgehead atoms. The van der Waals surface area contributed by atoms with E-state index < -0.39 is 5.97 Å². The molecule has 6 nitrogen and oxygen atoms in total. The number of carboxylic acid groups (broad SMARTS) is 1. The molecule has 0 unspecified atom stereocenters. The number of aromatic carboxylic acids is 1. The fourth-order valence-corrected chi connectivity index (χ4v) is 2.60. The summed E-state index contributed by atoms with van der Waals surface area (Å²) in [5.41, 5.74) is 0.0580. The topological polar surface area (TPSA) is 82.5 Å². The van der Waals surface area contributed by atoms with Crippen LogP contribution in [0.25, 0.3) is 0 Å². The Kier molecular flexibility index (Phi) is 4.73. The molecule has 2 rings (SSSR count). The summed E-state index contributed by atoms with van der Waals surface area (Å²) in [6.07, 6.45) is 4.36. The van der Waals surface area contributed by atoms with Gasteiger partial charge in [-0.1, -0.05) is 6.08 Å². The molecule has 2 amide bonds. The van der Waals surface area contributed by atoms with Gasteiger partial charge in [-0.3, -0.25) is 0 Å². The summed E-state index contributed by atoms with van der Waals surface area (Å²) < 4.78 is 0. The van der Waals surface area contributed by atoms with Crippen LogP contribution in [0.4, 0.5) is 4.79 Å². The lowest BCUT2D eigenvalue weighted by Crippen LogP contribution is -2.42. The highest BCUT2D eigenvalue weighted by molar-refractivity contribution is 7.09. The van der Waals surface area contributed by atoms with Crippen LogP contribution >= 0.6 is 11.3 Å². The van der Waals surface area contributed by atoms with Crippen molar-refractivity contribution in [3.63, 3.8) is 0 Å². The van der Waals surface area contributed by atoms with Crippen LogP contribution in [0, 0.1) is 0 Å². The number of hydrogen-bond acceptors (Lipinski definition) is 4. The maximum atomic E-state index is 12.0. The van der Waals surface area contributed by atoms with Crippen LogP contribution in [0.3, 0.4) is 0 Å². The second-order valence-electron chi connectivity index (χ2n) is 4.59. The summed E-state index contributed by atoms with van der Waals surface area (Å²) in [5.74, 6) is -1.03. The first-order valence-corrected chi connectivity index (χ1v) is 7.33. The van der Waals surface area contributed by atoms with Crippen molar-refractivity contribution in [2.75, 3.05) is 13.1 Å². The zero-order valence-corrected chi connectivity index (χ0v) is 11.9. The molecule has 1 aliphatic carbocycles. The second kappa shape index (κ2) is 6.51. The summed E-state index contributed by atoms with van der Waals surface area (Å²) in [4.78, 5) is 28.4. The predicted octanol–water partition coefficient (Wildman–Crippen LogP) is 1.74. The van der Waals surface area contributed by atoms with E-state index in [-0.39, 0.29) is 11.7 Å². The smallest absolute Gasteiger partial charge is 0.355 e. The van der Waals surface area contributed by atoms with Gasteiger partial charge in [0, 0.05) is 30.9 Å². The number of carbonyl (C=O) groups excluding carboxylic acids is 1. The van der Waals surface area contributed by atoms with Gasteiger partial charge in [-0.2, -0.15) is 0 Å². The minimum absolute atomic E-state index is 0.0580. The van der Waals surface area contributed by atoms with E-state index in [4.69, 9.17) is 5.11 Å². The second-order valence-corrected chi connectivity index (χ2v) is 5.53. The molecule has 0 saturated heterocycles. The molecule has 7 heteroatoms. The lowest BCUT2D eigenvalue weighted by Gasteiger charge is -2.20. The molecule has 1 saturated carbocycles. The van der Waals surface area contributed by atoms with Crippen LogP contribution in [0.15, 0.2) is 18.0 Å². The van der Waals surface area contributed by atoms with E-state index in [0.29, 0.717) is 30.6 Å². The average Bonchev–Trinajstić information content (AvgIpc) is 3.13. The van der Waals surface area contributed by atoms with Crippen molar-refractivity contribution in [3.05, 3.63) is 28.7 Å². The highest BCUT2D eigenvalue weighted by atomic mass is 32.1. The Hall–Kier alpha value is -1.89. The van der Waals surface area contributed by atoms with Gasteiger partial charge < -0.3 is 15.3 Å². The van der Waals surface area contributed by atoms with E-state index in [1.165, 1.54) is 16.7 Å². The normalized spacial score (nSPS) is 13.8. The number of aromatic nitrogens is 1. The van der Waals surface area contributed by atoms with Crippen LogP contribution < -0.4 is 5.32 Å². The standard InChI is InChI=1S/C13H17N3O3S/c1-2-7-16(9-3-4-9)13(19)14-6-5-11-15-10(8-20-11)12(17)18/h2,8-9H,1,3-7H2,(H,14,19)(H,17,18). The quantitative estimate of drug-likeness (QED) is 0.751. The number of urea groups is 1. The van der Waals surface area contributed by atoms with Crippen LogP contribution in [0.2, 0.25) is 0 Å². The first kappa shape index (κ1) is 14.5. The Balaban J connectivity index is 1.77. The minimum atomic E-state index is -1.03. The number of nitrogens with zero attached hydrogens (tertiary/aromatic N) is 2. The highest BCUT2D eigenvalue weighted by Crippen LogP contribution is 2.26. The third kappa shape index (κ3) is 3.80. The van der Waals surface area contributed by atoms with Crippen molar-refractivity contribution in [1.82, 2.24) is 15.2 Å². The van der Waals surface area contributed by atoms with Crippen LogP contribution in [0.1, 0.15) is 28.3 Å². The van der Waals surface area contributed by atoms with E-state index in [2.05, 4.69) is 16.9 Å². The van der Waals surface area contributed by atoms with E-state index in [0.717, 1.165) is 12.8 Å². The Morgan fingerprint density at radius 3 is 2.90 bits per heavy atom. The molecule has 1 aromatic rings. The number of carbonyl (C=O) groups is 2. The van der Waals surface area contributed by atoms with Gasteiger partial charge in [0.2, 0.25) is 0 Å². The average molecular weight is 295 g/mol. The Morgan fingerprint density at radius 2 is 2.35 bits per heavy atom. The SMILES string of the molecule is C=CCN(C(=O)NCCc1nc(C(=O)O)cs1)C1CC1. The lowest BCUT2D eigenvalue weighted by atomic mass is 10.4. The van der Waals surface area contributed by atoms with E-state index in [1.807, 2.05) is 0 Å². The third-order valence-corrected chi connectivity index (χ3v) is 3.87. The summed E-state index contributed by atoms with van der Waals surface area (Å²) >= 11 is 1.29. The molecule has 20 heavy (non-hydrogen) atoms. The highest BCUT2D eigenvalue weighted by Gasteiger charge is 2.31. The van der Waals surface area contributed by atoms with Gasteiger partial charge in [-0.05, 0) is 12.8 Å². The molecule has 1 fully saturated rings. The number of rotatable bonds is 7. The van der Waals surface area contributed by atoms with Crippen LogP contribution in [0.5, 0.6) is 0 Å². The predicted molar refractivity (Wildman–Crippen MR) is 76.1 cm³/mol. The van der Waals surface area contributed by atoms with Gasteiger partial charge >= 0.3 is 12.0 Å². The number of nitrogens with one attached hydrogen (secondary N) is 1. The van der Waals surface area contributed by atoms with Gasteiger partial charge in [0.1, 0.15) is 0 Å². The number of amides is 2. The molecule has 0 atom stereocenters. The molecule has 0 aliphatic heterocycles. The fourth-order valence-electron chi connectivity index (χ4n) is 1.82. The Bertz CT molecular complexity index is 511. The van der Waals surface area contributed by atoms with E-state index >= 15 is 0 Å². The number of carboxylic acids is 1. The van der Waals surface area contributed by atoms with Crippen molar-refractivity contribution >= 4 is 23.3 Å². The largest absolute Gasteiger partial charge is 0.476 e. The first-order valence-electron chi connectivity index (χ1n) is 6.45. The molecule has 0 aromatic carbocycles. The zero-order valence-electron chi connectivity index (χ0n) is 11.0. The molecule has 0 spiro atoms. The zero-order chi connectivity index (χ0) is 14.5. The van der Waals surface area contributed by atoms with Gasteiger partial charge in [-0.15, -0.1) is 17.9 Å². The van der Waals surface area contributed by atoms with E-state index in [9.17, 15) is 9.59 Å². The Morgan fingerprint density at radius 1 is 1.60 bits per heavy atom. The molecule has 1 aliphatic rings. The van der Waals surface area contributed by atoms with Crippen molar-refractivity contribution in [3.8, 4) is 0 Å². The molecule has 2 N–H and O–H groups in total. The van der Waals surface area contributed by atoms with Crippen LogP contribution in [-0.4, -0.2) is 46.1 Å². The summed E-state index contributed by atoms with van der Waals surface area (Å²) in [6, 6.07) is 0.244. The van der Waals surface area contributed by atoms with Crippen molar-refractivity contribution < 1.29 is 14.7 Å². The van der Waals surface area contributed by atoms with Gasteiger partial charge in [-0.25, -0.2) is 14.6 Å². The van der Waals surface area contributed by atoms with Crippen LogP contribution in [-0.2, 0) is 6.42 Å². The lowest BCUT2D eigenvalue weighted by molar-refractivity contribution is 0.0691. The number of thiazole rings is 1. The van der Waals surface area contributed by atoms with Gasteiger partial charge in [0.05, 0.1) is 5.01 Å². The monoisotopic (exact) mass is 295 g/mol. The summed E-state index contributed by atoms with van der Waals surface area (Å²) in [5, 5.41) is 13.8. The van der Waals surface area contributed by atoms with Gasteiger partial charge in [0.25, 0.3) is 0 Å². The van der Waals surface area contributed by atoms with Crippen molar-refractivity contribution in [2.45, 2.75) is 25.3 Å². The maximum absolute atomic E-state index is 12.0. The fraction of sp³-hybridized carbons (Fsp3) is 0.462. The molecule has 1 heterocycles. The first-order chi connectivity index (χ1) is 9.61. The molecule has 1 aromatic heterocycles. The number of hydrogen-bond donors (Lipinski definition) is 2. The maximum Gasteiger partial charge on any atom is 0.355 e. The molecular formula is C13H17N3O3S. The summed E-state index contributed by atoms with van der Waals surface area (Å²) in [7, 11) is 0. The van der Waals surface area contributed by atoms with Crippen molar-refractivity contribution in [2.24, 2.45) is 0 Å². The molecular weight excluding hydrogens is 278 g/mol. The third-order valence-electron chi connectivity index (χ3n) is 2.96. The minimum Gasteiger partial charge on any atom is -0.476 e. The molecule has 108 valence electrons.